The first kappa shape index (κ1) is 16.0. The summed E-state index contributed by atoms with van der Waals surface area (Å²) in [5.74, 6) is -0.165. The molecule has 3 atom stereocenters. The van der Waals surface area contributed by atoms with Crippen molar-refractivity contribution in [2.24, 2.45) is 0 Å². The van der Waals surface area contributed by atoms with Crippen LogP contribution in [0.2, 0.25) is 0 Å². The Kier molecular flexibility index (Phi) is 4.16. The molecule has 23 heavy (non-hydrogen) atoms. The molecule has 2 aromatic carbocycles. The van der Waals surface area contributed by atoms with Crippen LogP contribution in [0.5, 0.6) is 11.5 Å². The van der Waals surface area contributed by atoms with E-state index in [0.29, 0.717) is 17.4 Å². The van der Waals surface area contributed by atoms with Crippen LogP contribution in [0.25, 0.3) is 10.8 Å². The fourth-order valence-corrected chi connectivity index (χ4v) is 3.26. The van der Waals surface area contributed by atoms with Gasteiger partial charge in [-0.1, -0.05) is 24.3 Å². The smallest absolute Gasteiger partial charge is 0.129 e. The highest BCUT2D eigenvalue weighted by Crippen LogP contribution is 2.49. The predicted molar refractivity (Wildman–Crippen MR) is 87.3 cm³/mol. The number of benzene rings is 2. The van der Waals surface area contributed by atoms with Gasteiger partial charge >= 0.3 is 0 Å². The van der Waals surface area contributed by atoms with Crippen molar-refractivity contribution in [3.63, 3.8) is 0 Å². The van der Waals surface area contributed by atoms with Gasteiger partial charge in [-0.25, -0.2) is 0 Å². The van der Waals surface area contributed by atoms with E-state index in [1.165, 1.54) is 0 Å². The maximum absolute atomic E-state index is 10.7. The Balaban J connectivity index is 2.12. The van der Waals surface area contributed by atoms with Gasteiger partial charge < -0.3 is 20.4 Å². The van der Waals surface area contributed by atoms with Gasteiger partial charge in [-0.05, 0) is 20.5 Å². The lowest BCUT2D eigenvalue weighted by molar-refractivity contribution is 0.0505. The van der Waals surface area contributed by atoms with Gasteiger partial charge in [0.2, 0.25) is 0 Å². The molecule has 0 aromatic heterocycles. The molecule has 6 heteroatoms. The average molecular weight is 318 g/mol. The number of nitrogens with one attached hydrogen (secondary N) is 1. The second kappa shape index (κ2) is 5.98. The number of aromatic hydroxyl groups is 2. The molecule has 3 unspecified atom stereocenters. The van der Waals surface area contributed by atoms with E-state index in [1.54, 1.807) is 24.3 Å². The third-order valence-corrected chi connectivity index (χ3v) is 4.39. The van der Waals surface area contributed by atoms with Crippen molar-refractivity contribution < 1.29 is 20.4 Å². The predicted octanol–water partition coefficient (Wildman–Crippen LogP) is 1.20. The monoisotopic (exact) mass is 318 g/mol. The van der Waals surface area contributed by atoms with E-state index < -0.39 is 18.2 Å². The first-order valence-corrected chi connectivity index (χ1v) is 7.62. The highest BCUT2D eigenvalue weighted by Gasteiger charge is 2.38. The van der Waals surface area contributed by atoms with Gasteiger partial charge in [-0.15, -0.1) is 0 Å². The fourth-order valence-electron chi connectivity index (χ4n) is 3.26. The third-order valence-electron chi connectivity index (χ3n) is 4.39. The Morgan fingerprint density at radius 1 is 1.04 bits per heavy atom. The minimum Gasteiger partial charge on any atom is -0.507 e. The Bertz CT molecular complexity index is 732. The Labute approximate surface area is 134 Å². The van der Waals surface area contributed by atoms with E-state index in [4.69, 9.17) is 0 Å². The highest BCUT2D eigenvalue weighted by atomic mass is 16.3. The van der Waals surface area contributed by atoms with Gasteiger partial charge in [-0.3, -0.25) is 10.2 Å². The van der Waals surface area contributed by atoms with Crippen LogP contribution in [0.4, 0.5) is 0 Å². The van der Waals surface area contributed by atoms with Crippen LogP contribution in [0.3, 0.4) is 0 Å². The van der Waals surface area contributed by atoms with Gasteiger partial charge in [0.05, 0.1) is 12.2 Å². The molecule has 2 aromatic rings. The van der Waals surface area contributed by atoms with Crippen molar-refractivity contribution >= 4 is 10.8 Å². The first-order valence-electron chi connectivity index (χ1n) is 7.62. The van der Waals surface area contributed by atoms with Crippen molar-refractivity contribution in [1.82, 2.24) is 10.2 Å². The molecule has 0 spiro atoms. The second-order valence-electron chi connectivity index (χ2n) is 6.31. The Morgan fingerprint density at radius 3 is 2.17 bits per heavy atom. The number of aliphatic hydroxyl groups is 2. The van der Waals surface area contributed by atoms with Crippen LogP contribution >= 0.6 is 0 Å². The zero-order chi connectivity index (χ0) is 16.7. The largest absolute Gasteiger partial charge is 0.507 e. The number of rotatable bonds is 3. The van der Waals surface area contributed by atoms with Crippen LogP contribution in [-0.4, -0.2) is 52.1 Å². The number of hydrogen-bond acceptors (Lipinski definition) is 6. The summed E-state index contributed by atoms with van der Waals surface area (Å²) >= 11 is 0. The first-order chi connectivity index (χ1) is 10.9. The Hall–Kier alpha value is -1.86. The molecule has 6 nitrogen and oxygen atoms in total. The van der Waals surface area contributed by atoms with Crippen molar-refractivity contribution in [1.29, 1.82) is 0 Å². The van der Waals surface area contributed by atoms with Crippen LogP contribution in [0, 0.1) is 0 Å². The van der Waals surface area contributed by atoms with Crippen LogP contribution in [-0.2, 0) is 0 Å². The lowest BCUT2D eigenvalue weighted by atomic mass is 9.81. The van der Waals surface area contributed by atoms with E-state index in [-0.39, 0.29) is 29.0 Å². The van der Waals surface area contributed by atoms with E-state index in [2.05, 4.69) is 5.32 Å². The molecule has 1 aliphatic carbocycles. The van der Waals surface area contributed by atoms with E-state index in [0.717, 1.165) is 0 Å². The molecular weight excluding hydrogens is 296 g/mol. The summed E-state index contributed by atoms with van der Waals surface area (Å²) in [6, 6.07) is 6.45. The summed E-state index contributed by atoms with van der Waals surface area (Å²) in [7, 11) is 3.78. The molecule has 0 saturated carbocycles. The van der Waals surface area contributed by atoms with Gasteiger partial charge in [0, 0.05) is 34.6 Å². The van der Waals surface area contributed by atoms with Crippen molar-refractivity contribution in [3.8, 4) is 11.5 Å². The van der Waals surface area contributed by atoms with Gasteiger partial charge in [-0.2, -0.15) is 0 Å². The van der Waals surface area contributed by atoms with Crippen molar-refractivity contribution in [2.45, 2.75) is 24.7 Å². The summed E-state index contributed by atoms with van der Waals surface area (Å²) in [4.78, 5) is 1.91. The van der Waals surface area contributed by atoms with Gasteiger partial charge in [0.15, 0.2) is 0 Å². The molecule has 0 saturated heterocycles. The molecule has 0 aliphatic heterocycles. The van der Waals surface area contributed by atoms with Crippen molar-refractivity contribution in [3.05, 3.63) is 35.4 Å². The summed E-state index contributed by atoms with van der Waals surface area (Å²) in [5, 5.41) is 46.3. The number of phenols is 2. The average Bonchev–Trinajstić information content (AvgIpc) is 2.52. The van der Waals surface area contributed by atoms with Crippen molar-refractivity contribution in [2.75, 3.05) is 20.8 Å². The molecule has 0 radical (unpaired) electrons. The number of fused-ring (bicyclic) bond motifs is 2. The molecular formula is C17H22N2O4. The molecule has 0 amide bonds. The molecule has 124 valence electrons. The Morgan fingerprint density at radius 2 is 1.61 bits per heavy atom. The van der Waals surface area contributed by atoms with Crippen LogP contribution < -0.4 is 5.32 Å². The summed E-state index contributed by atoms with van der Waals surface area (Å²) in [6.07, 6.45) is -1.71. The number of hydrogen-bond donors (Lipinski definition) is 5. The van der Waals surface area contributed by atoms with Gasteiger partial charge in [0.1, 0.15) is 11.5 Å². The van der Waals surface area contributed by atoms with E-state index in [9.17, 15) is 20.4 Å². The zero-order valence-electron chi connectivity index (χ0n) is 13.2. The molecule has 5 N–H and O–H groups in total. The highest BCUT2D eigenvalue weighted by molar-refractivity contribution is 5.96. The lowest BCUT2D eigenvalue weighted by Crippen LogP contribution is -2.43. The standard InChI is InChI=1S/C17H22N2O4/c1-19(2)8-18-11-7-12(20)13-14(17(11)23)16(22)10-6-4-3-5-9(10)15(13)21/h3-6,11-12,17-18,20-23H,7-8H2,1-2H3. The zero-order valence-corrected chi connectivity index (χ0v) is 13.2. The quantitative estimate of drug-likeness (QED) is 0.431. The third kappa shape index (κ3) is 2.64. The number of aliphatic hydroxyl groups excluding tert-OH is 2. The minimum absolute atomic E-state index is 0.0778. The summed E-state index contributed by atoms with van der Waals surface area (Å²) < 4.78 is 0. The normalized spacial score (nSPS) is 24.1. The summed E-state index contributed by atoms with van der Waals surface area (Å²) in [5.41, 5.74) is 0.424. The lowest BCUT2D eigenvalue weighted by Gasteiger charge is -2.35. The minimum atomic E-state index is -1.01. The molecule has 3 rings (SSSR count). The second-order valence-corrected chi connectivity index (χ2v) is 6.31. The fraction of sp³-hybridized carbons (Fsp3) is 0.412. The van der Waals surface area contributed by atoms with Crippen LogP contribution in [0.15, 0.2) is 24.3 Å². The van der Waals surface area contributed by atoms with Crippen LogP contribution in [0.1, 0.15) is 29.8 Å². The maximum Gasteiger partial charge on any atom is 0.129 e. The molecule has 1 aliphatic rings. The maximum atomic E-state index is 10.7. The molecule has 0 fully saturated rings. The van der Waals surface area contributed by atoms with E-state index in [1.807, 2.05) is 19.0 Å². The van der Waals surface area contributed by atoms with Gasteiger partial charge in [0.25, 0.3) is 0 Å². The summed E-state index contributed by atoms with van der Waals surface area (Å²) in [6.45, 7) is 0.532. The topological polar surface area (TPSA) is 96.2 Å². The van der Waals surface area contributed by atoms with E-state index >= 15 is 0 Å². The number of phenolic OH excluding ortho intramolecular Hbond substituents is 2. The number of nitrogens with zero attached hydrogens (tertiary/aromatic N) is 1. The SMILES string of the molecule is CN(C)CNC1CC(O)c2c(c(O)c3ccccc3c2O)C1O. The molecule has 0 bridgehead atoms. The molecule has 0 heterocycles.